The average Bonchev–Trinajstić information content (AvgIpc) is 2.54. The number of hydrogen-bond donors (Lipinski definition) is 1. The summed E-state index contributed by atoms with van der Waals surface area (Å²) in [5.41, 5.74) is 1.69. The number of amides is 1. The third kappa shape index (κ3) is 3.60. The fourth-order valence-electron chi connectivity index (χ4n) is 3.23. The van der Waals surface area contributed by atoms with Crippen LogP contribution in [-0.2, 0) is 4.79 Å². The van der Waals surface area contributed by atoms with Gasteiger partial charge in [0.15, 0.2) is 0 Å². The monoisotopic (exact) mass is 282 g/mol. The molecule has 1 aromatic carbocycles. The van der Waals surface area contributed by atoms with Gasteiger partial charge in [0.25, 0.3) is 0 Å². The Morgan fingerprint density at radius 2 is 1.95 bits per heavy atom. The summed E-state index contributed by atoms with van der Waals surface area (Å²) in [5.74, 6) is 0.855. The normalized spacial score (nSPS) is 16.0. The summed E-state index contributed by atoms with van der Waals surface area (Å²) in [4.78, 5) is 16.5. The molecule has 1 heterocycles. The second-order valence-electron chi connectivity index (χ2n) is 5.97. The highest BCUT2D eigenvalue weighted by atomic mass is 16.1. The zero-order valence-electron chi connectivity index (χ0n) is 12.3. The summed E-state index contributed by atoms with van der Waals surface area (Å²) in [7, 11) is 0. The Morgan fingerprint density at radius 1 is 1.14 bits per heavy atom. The Bertz CT molecular complexity index is 612. The van der Waals surface area contributed by atoms with Crippen molar-refractivity contribution >= 4 is 22.5 Å². The minimum absolute atomic E-state index is 0.110. The Kier molecular flexibility index (Phi) is 4.49. The van der Waals surface area contributed by atoms with Gasteiger partial charge in [0, 0.05) is 18.0 Å². The van der Waals surface area contributed by atoms with Crippen LogP contribution in [-0.4, -0.2) is 10.9 Å². The number of aromatic nitrogens is 1. The third-order valence-electron chi connectivity index (χ3n) is 4.41. The molecule has 0 atom stereocenters. The smallest absolute Gasteiger partial charge is 0.224 e. The van der Waals surface area contributed by atoms with E-state index in [2.05, 4.69) is 10.3 Å². The molecule has 3 nitrogen and oxygen atoms in total. The van der Waals surface area contributed by atoms with E-state index in [1.54, 1.807) is 6.20 Å². The van der Waals surface area contributed by atoms with E-state index in [-0.39, 0.29) is 5.91 Å². The van der Waals surface area contributed by atoms with Crippen molar-refractivity contribution in [1.82, 2.24) is 4.98 Å². The van der Waals surface area contributed by atoms with Crippen molar-refractivity contribution in [2.75, 3.05) is 5.32 Å². The Hall–Kier alpha value is -1.90. The molecule has 0 saturated heterocycles. The number of pyridine rings is 1. The van der Waals surface area contributed by atoms with Crippen LogP contribution in [0.3, 0.4) is 0 Å². The van der Waals surface area contributed by atoms with E-state index < -0.39 is 0 Å². The maximum absolute atomic E-state index is 12.2. The van der Waals surface area contributed by atoms with E-state index in [0.29, 0.717) is 6.42 Å². The van der Waals surface area contributed by atoms with Crippen LogP contribution in [0.4, 0.5) is 5.69 Å². The maximum atomic E-state index is 12.2. The summed E-state index contributed by atoms with van der Waals surface area (Å²) in [6, 6.07) is 9.83. The van der Waals surface area contributed by atoms with Gasteiger partial charge in [0.05, 0.1) is 11.2 Å². The van der Waals surface area contributed by atoms with Crippen LogP contribution < -0.4 is 5.32 Å². The van der Waals surface area contributed by atoms with E-state index in [9.17, 15) is 4.79 Å². The van der Waals surface area contributed by atoms with Crippen LogP contribution >= 0.6 is 0 Å². The van der Waals surface area contributed by atoms with E-state index in [0.717, 1.165) is 28.9 Å². The number of fused-ring (bicyclic) bond motifs is 1. The number of para-hydroxylation sites is 1. The lowest BCUT2D eigenvalue weighted by atomic mass is 9.86. The van der Waals surface area contributed by atoms with Gasteiger partial charge in [-0.1, -0.05) is 50.3 Å². The molecule has 1 N–H and O–H groups in total. The zero-order chi connectivity index (χ0) is 14.5. The van der Waals surface area contributed by atoms with Gasteiger partial charge in [-0.15, -0.1) is 0 Å². The molecule has 0 spiro atoms. The number of anilines is 1. The third-order valence-corrected chi connectivity index (χ3v) is 4.41. The van der Waals surface area contributed by atoms with Crippen LogP contribution in [0, 0.1) is 5.92 Å². The first kappa shape index (κ1) is 14.1. The van der Waals surface area contributed by atoms with Gasteiger partial charge in [0.1, 0.15) is 0 Å². The van der Waals surface area contributed by atoms with Crippen molar-refractivity contribution in [3.05, 3.63) is 36.5 Å². The summed E-state index contributed by atoms with van der Waals surface area (Å²) in [6.07, 6.45) is 10.0. The Balaban J connectivity index is 1.61. The predicted molar refractivity (Wildman–Crippen MR) is 86.2 cm³/mol. The van der Waals surface area contributed by atoms with Crippen LogP contribution in [0.1, 0.15) is 44.9 Å². The first-order valence-corrected chi connectivity index (χ1v) is 7.96. The number of nitrogens with zero attached hydrogens (tertiary/aromatic N) is 1. The Labute approximate surface area is 125 Å². The van der Waals surface area contributed by atoms with E-state index >= 15 is 0 Å². The van der Waals surface area contributed by atoms with Gasteiger partial charge in [-0.25, -0.2) is 0 Å². The topological polar surface area (TPSA) is 42.0 Å². The number of benzene rings is 1. The maximum Gasteiger partial charge on any atom is 0.224 e. The van der Waals surface area contributed by atoms with Gasteiger partial charge >= 0.3 is 0 Å². The molecule has 110 valence electrons. The van der Waals surface area contributed by atoms with Crippen LogP contribution in [0.25, 0.3) is 10.9 Å². The van der Waals surface area contributed by atoms with Gasteiger partial charge < -0.3 is 5.32 Å². The molecule has 1 aromatic heterocycles. The summed E-state index contributed by atoms with van der Waals surface area (Å²) in [6.45, 7) is 0. The summed E-state index contributed by atoms with van der Waals surface area (Å²) < 4.78 is 0. The molecule has 3 heteroatoms. The molecule has 0 unspecified atom stereocenters. The molecule has 21 heavy (non-hydrogen) atoms. The van der Waals surface area contributed by atoms with E-state index in [1.807, 2.05) is 30.3 Å². The minimum atomic E-state index is 0.110. The molecule has 3 rings (SSSR count). The predicted octanol–water partition coefficient (Wildman–Crippen LogP) is 4.53. The highest BCUT2D eigenvalue weighted by molar-refractivity contribution is 6.00. The largest absolute Gasteiger partial charge is 0.324 e. The summed E-state index contributed by atoms with van der Waals surface area (Å²) in [5, 5.41) is 4.08. The van der Waals surface area contributed by atoms with Gasteiger partial charge in [-0.2, -0.15) is 0 Å². The van der Waals surface area contributed by atoms with Crippen molar-refractivity contribution in [2.45, 2.75) is 44.9 Å². The van der Waals surface area contributed by atoms with Gasteiger partial charge in [0.2, 0.25) is 5.91 Å². The SMILES string of the molecule is O=C(CCC1CCCCC1)Nc1cccc2cccnc12. The van der Waals surface area contributed by atoms with Gasteiger partial charge in [-0.05, 0) is 24.5 Å². The zero-order valence-corrected chi connectivity index (χ0v) is 12.3. The van der Waals surface area contributed by atoms with E-state index in [4.69, 9.17) is 0 Å². The van der Waals surface area contributed by atoms with Crippen LogP contribution in [0.15, 0.2) is 36.5 Å². The first-order chi connectivity index (χ1) is 10.3. The fraction of sp³-hybridized carbons (Fsp3) is 0.444. The van der Waals surface area contributed by atoms with Crippen molar-refractivity contribution in [2.24, 2.45) is 5.92 Å². The quantitative estimate of drug-likeness (QED) is 0.895. The lowest BCUT2D eigenvalue weighted by Gasteiger charge is -2.21. The standard InChI is InChI=1S/C18H22N2O/c21-17(12-11-14-6-2-1-3-7-14)20-16-10-4-8-15-9-5-13-19-18(15)16/h4-5,8-10,13-14H,1-3,6-7,11-12H2,(H,20,21). The molecule has 2 aromatic rings. The fourth-order valence-corrected chi connectivity index (χ4v) is 3.23. The molecule has 0 bridgehead atoms. The summed E-state index contributed by atoms with van der Waals surface area (Å²) >= 11 is 0. The first-order valence-electron chi connectivity index (χ1n) is 7.96. The number of carbonyl (C=O) groups is 1. The van der Waals surface area contributed by atoms with Crippen molar-refractivity contribution in [3.63, 3.8) is 0 Å². The highest BCUT2D eigenvalue weighted by Crippen LogP contribution is 2.27. The number of hydrogen-bond acceptors (Lipinski definition) is 2. The lowest BCUT2D eigenvalue weighted by Crippen LogP contribution is -2.15. The highest BCUT2D eigenvalue weighted by Gasteiger charge is 2.15. The molecule has 1 amide bonds. The van der Waals surface area contributed by atoms with Crippen LogP contribution in [0.5, 0.6) is 0 Å². The second-order valence-corrected chi connectivity index (χ2v) is 5.97. The molecular weight excluding hydrogens is 260 g/mol. The van der Waals surface area contributed by atoms with Crippen molar-refractivity contribution < 1.29 is 4.79 Å². The number of rotatable bonds is 4. The molecular formula is C18H22N2O. The van der Waals surface area contributed by atoms with Crippen molar-refractivity contribution in [1.29, 1.82) is 0 Å². The van der Waals surface area contributed by atoms with E-state index in [1.165, 1.54) is 32.1 Å². The van der Waals surface area contributed by atoms with Crippen molar-refractivity contribution in [3.8, 4) is 0 Å². The number of nitrogens with one attached hydrogen (secondary N) is 1. The average molecular weight is 282 g/mol. The minimum Gasteiger partial charge on any atom is -0.324 e. The molecule has 1 saturated carbocycles. The molecule has 0 aliphatic heterocycles. The molecule has 1 aliphatic carbocycles. The van der Waals surface area contributed by atoms with Crippen LogP contribution in [0.2, 0.25) is 0 Å². The second kappa shape index (κ2) is 6.70. The van der Waals surface area contributed by atoms with Gasteiger partial charge in [-0.3, -0.25) is 9.78 Å². The molecule has 1 fully saturated rings. The Morgan fingerprint density at radius 3 is 2.81 bits per heavy atom. The number of carbonyl (C=O) groups excluding carboxylic acids is 1. The molecule has 0 radical (unpaired) electrons. The lowest BCUT2D eigenvalue weighted by molar-refractivity contribution is -0.116. The molecule has 1 aliphatic rings.